The average molecular weight is 320 g/mol. The van der Waals surface area contributed by atoms with E-state index in [0.29, 0.717) is 4.57 Å². The first kappa shape index (κ1) is 14.8. The minimum absolute atomic E-state index is 0.331. The second kappa shape index (κ2) is 5.56. The van der Waals surface area contributed by atoms with Crippen molar-refractivity contribution in [1.82, 2.24) is 9.55 Å². The van der Waals surface area contributed by atoms with Crippen molar-refractivity contribution in [3.05, 3.63) is 81.0 Å². The molecule has 0 N–H and O–H groups in total. The zero-order valence-corrected chi connectivity index (χ0v) is 11.3. The van der Waals surface area contributed by atoms with E-state index in [1.54, 1.807) is 0 Å². The molecular weight excluding hydrogens is 313 g/mol. The molecule has 116 valence electrons. The summed E-state index contributed by atoms with van der Waals surface area (Å²) in [4.78, 5) is 27.3. The number of para-hydroxylation sites is 1. The number of benzene rings is 2. The average Bonchev–Trinajstić information content (AvgIpc) is 2.48. The van der Waals surface area contributed by atoms with Crippen LogP contribution in [0.5, 0.6) is 0 Å². The Labute approximate surface area is 126 Å². The number of halogens is 3. The highest BCUT2D eigenvalue weighted by atomic mass is 19.1. The van der Waals surface area contributed by atoms with E-state index in [0.717, 1.165) is 24.3 Å². The maximum Gasteiger partial charge on any atom is 0.429 e. The number of aromatic nitrogens is 2. The third-order valence-corrected chi connectivity index (χ3v) is 3.03. The highest BCUT2D eigenvalue weighted by Gasteiger charge is 2.19. The first-order valence-electron chi connectivity index (χ1n) is 6.32. The van der Waals surface area contributed by atoms with E-state index in [2.05, 4.69) is 4.98 Å². The Hall–Kier alpha value is -3.16. The van der Waals surface area contributed by atoms with Crippen molar-refractivity contribution in [2.24, 2.45) is 0 Å². The number of nitrogens with zero attached hydrogens (tertiary/aromatic N) is 2. The van der Waals surface area contributed by atoms with Crippen LogP contribution >= 0.6 is 0 Å². The predicted octanol–water partition coefficient (Wildman–Crippen LogP) is 2.27. The molecule has 1 aromatic heterocycles. The van der Waals surface area contributed by atoms with Gasteiger partial charge in [0.15, 0.2) is 0 Å². The van der Waals surface area contributed by atoms with Crippen molar-refractivity contribution in [2.75, 3.05) is 0 Å². The molecule has 3 aromatic rings. The molecule has 0 aliphatic rings. The van der Waals surface area contributed by atoms with Gasteiger partial charge in [0.1, 0.15) is 23.0 Å². The van der Waals surface area contributed by atoms with Gasteiger partial charge in [0.2, 0.25) is 5.89 Å². The van der Waals surface area contributed by atoms with E-state index in [9.17, 15) is 22.8 Å². The molecule has 0 aliphatic carbocycles. The summed E-state index contributed by atoms with van der Waals surface area (Å²) in [6, 6.07) is 7.90. The number of hydrogen-bond donors (Lipinski definition) is 0. The lowest BCUT2D eigenvalue weighted by Gasteiger charge is -2.06. The molecule has 5 nitrogen and oxygen atoms in total. The smallest absolute Gasteiger partial charge is 0.389 e. The van der Waals surface area contributed by atoms with Gasteiger partial charge in [-0.05, 0) is 24.3 Å². The Balaban J connectivity index is 2.26. The van der Waals surface area contributed by atoms with Crippen LogP contribution in [0.4, 0.5) is 13.2 Å². The van der Waals surface area contributed by atoms with Crippen LogP contribution in [0.25, 0.3) is 17.1 Å². The van der Waals surface area contributed by atoms with Crippen LogP contribution in [0.15, 0.2) is 56.5 Å². The van der Waals surface area contributed by atoms with Gasteiger partial charge in [0, 0.05) is 0 Å². The Morgan fingerprint density at radius 2 is 1.48 bits per heavy atom. The quantitative estimate of drug-likeness (QED) is 0.726. The highest BCUT2D eigenvalue weighted by Crippen LogP contribution is 2.22. The van der Waals surface area contributed by atoms with Crippen LogP contribution in [-0.4, -0.2) is 9.55 Å². The SMILES string of the molecule is O=c1nc(-c2c(F)cccc2F)oc(=O)n1-c1ccccc1F. The summed E-state index contributed by atoms with van der Waals surface area (Å²) in [6.45, 7) is 0. The summed E-state index contributed by atoms with van der Waals surface area (Å²) in [7, 11) is 0. The van der Waals surface area contributed by atoms with Gasteiger partial charge >= 0.3 is 11.4 Å². The summed E-state index contributed by atoms with van der Waals surface area (Å²) < 4.78 is 46.1. The Morgan fingerprint density at radius 3 is 2.09 bits per heavy atom. The first-order chi connectivity index (χ1) is 11.0. The fourth-order valence-corrected chi connectivity index (χ4v) is 2.01. The molecule has 0 unspecified atom stereocenters. The van der Waals surface area contributed by atoms with Gasteiger partial charge in [-0.3, -0.25) is 0 Å². The van der Waals surface area contributed by atoms with Crippen LogP contribution in [0, 0.1) is 17.5 Å². The van der Waals surface area contributed by atoms with Crippen molar-refractivity contribution in [1.29, 1.82) is 0 Å². The highest BCUT2D eigenvalue weighted by molar-refractivity contribution is 5.54. The third-order valence-electron chi connectivity index (χ3n) is 3.03. The van der Waals surface area contributed by atoms with Gasteiger partial charge in [-0.15, -0.1) is 0 Å². The van der Waals surface area contributed by atoms with Crippen LogP contribution in [0.3, 0.4) is 0 Å². The summed E-state index contributed by atoms with van der Waals surface area (Å²) in [5.41, 5.74) is -2.34. The van der Waals surface area contributed by atoms with Gasteiger partial charge in [-0.2, -0.15) is 9.55 Å². The summed E-state index contributed by atoms with van der Waals surface area (Å²) in [5.74, 6) is -5.09. The van der Waals surface area contributed by atoms with Crippen LogP contribution < -0.4 is 11.4 Å². The lowest BCUT2D eigenvalue weighted by Crippen LogP contribution is -2.34. The molecule has 2 aromatic carbocycles. The molecule has 0 amide bonds. The van der Waals surface area contributed by atoms with Crippen LogP contribution in [-0.2, 0) is 0 Å². The largest absolute Gasteiger partial charge is 0.429 e. The molecule has 0 atom stereocenters. The zero-order valence-electron chi connectivity index (χ0n) is 11.3. The lowest BCUT2D eigenvalue weighted by molar-refractivity contribution is 0.436. The van der Waals surface area contributed by atoms with Crippen molar-refractivity contribution >= 4 is 0 Å². The van der Waals surface area contributed by atoms with E-state index < -0.39 is 40.4 Å². The molecule has 0 saturated carbocycles. The Kier molecular flexibility index (Phi) is 3.57. The maximum atomic E-state index is 13.7. The Bertz CT molecular complexity index is 960. The molecule has 23 heavy (non-hydrogen) atoms. The second-order valence-corrected chi connectivity index (χ2v) is 4.45. The molecule has 0 bridgehead atoms. The van der Waals surface area contributed by atoms with Gasteiger partial charge < -0.3 is 4.42 Å². The molecule has 3 rings (SSSR count). The molecule has 0 fully saturated rings. The minimum Gasteiger partial charge on any atom is -0.389 e. The topological polar surface area (TPSA) is 65.1 Å². The summed E-state index contributed by atoms with van der Waals surface area (Å²) in [6.07, 6.45) is 0. The van der Waals surface area contributed by atoms with E-state index in [4.69, 9.17) is 4.42 Å². The monoisotopic (exact) mass is 320 g/mol. The third kappa shape index (κ3) is 2.54. The van der Waals surface area contributed by atoms with Crippen molar-refractivity contribution in [2.45, 2.75) is 0 Å². The van der Waals surface area contributed by atoms with E-state index in [1.807, 2.05) is 0 Å². The first-order valence-corrected chi connectivity index (χ1v) is 6.32. The van der Waals surface area contributed by atoms with Crippen LogP contribution in [0.2, 0.25) is 0 Å². The van der Waals surface area contributed by atoms with E-state index >= 15 is 0 Å². The number of rotatable bonds is 2. The molecular formula is C15H7F3N2O3. The summed E-state index contributed by atoms with van der Waals surface area (Å²) >= 11 is 0. The fraction of sp³-hybridized carbons (Fsp3) is 0. The van der Waals surface area contributed by atoms with Gasteiger partial charge in [0.05, 0.1) is 5.69 Å². The molecule has 0 spiro atoms. The summed E-state index contributed by atoms with van der Waals surface area (Å²) in [5, 5.41) is 0. The number of hydrogen-bond acceptors (Lipinski definition) is 4. The van der Waals surface area contributed by atoms with Crippen molar-refractivity contribution in [3.63, 3.8) is 0 Å². The molecule has 8 heteroatoms. The van der Waals surface area contributed by atoms with Gasteiger partial charge in [-0.1, -0.05) is 18.2 Å². The normalized spacial score (nSPS) is 10.7. The van der Waals surface area contributed by atoms with Crippen molar-refractivity contribution in [3.8, 4) is 17.1 Å². The van der Waals surface area contributed by atoms with E-state index in [-0.39, 0.29) is 5.69 Å². The standard InChI is InChI=1S/C15H7F3N2O3/c16-8-4-1-2-7-11(8)20-14(21)19-13(23-15(20)22)12-9(17)5-3-6-10(12)18/h1-7H. The zero-order chi connectivity index (χ0) is 16.6. The molecule has 1 heterocycles. The lowest BCUT2D eigenvalue weighted by atomic mass is 10.2. The van der Waals surface area contributed by atoms with E-state index in [1.165, 1.54) is 18.2 Å². The minimum atomic E-state index is -1.31. The Morgan fingerprint density at radius 1 is 0.870 bits per heavy atom. The molecule has 0 radical (unpaired) electrons. The molecule has 0 saturated heterocycles. The predicted molar refractivity (Wildman–Crippen MR) is 73.7 cm³/mol. The van der Waals surface area contributed by atoms with Crippen molar-refractivity contribution < 1.29 is 17.6 Å². The maximum absolute atomic E-state index is 13.7. The second-order valence-electron chi connectivity index (χ2n) is 4.45. The fourth-order valence-electron chi connectivity index (χ4n) is 2.01. The molecule has 0 aliphatic heterocycles. The van der Waals surface area contributed by atoms with Gasteiger partial charge in [-0.25, -0.2) is 22.8 Å². The van der Waals surface area contributed by atoms with Gasteiger partial charge in [0.25, 0.3) is 0 Å². The van der Waals surface area contributed by atoms with Crippen LogP contribution in [0.1, 0.15) is 0 Å².